The summed E-state index contributed by atoms with van der Waals surface area (Å²) in [7, 11) is -13.5. The third-order valence-electron chi connectivity index (χ3n) is 9.29. The number of carbonyl (C=O) groups is 3. The van der Waals surface area contributed by atoms with E-state index in [0.717, 1.165) is 16.7 Å². The van der Waals surface area contributed by atoms with Gasteiger partial charge in [0.05, 0.1) is 28.0 Å². The maximum Gasteiger partial charge on any atom is 0.374 e. The average Bonchev–Trinajstić information content (AvgIpc) is 3.78. The maximum atomic E-state index is 15.5. The minimum Gasteiger partial charge on any atom is -0.398 e. The smallest absolute Gasteiger partial charge is 0.374 e. The largest absolute Gasteiger partial charge is 0.398 e. The number of aryl methyl sites for hydroxylation is 2. The molecule has 0 saturated carbocycles. The number of nitrogens with zero attached hydrogens (tertiary/aromatic N) is 3. The monoisotopic (exact) mass is 908 g/mol. The summed E-state index contributed by atoms with van der Waals surface area (Å²) in [6, 6.07) is 3.52. The Morgan fingerprint density at radius 2 is 1.48 bits per heavy atom. The molecule has 0 radical (unpaired) electrons. The van der Waals surface area contributed by atoms with Crippen molar-refractivity contribution in [1.82, 2.24) is 9.63 Å². The molecule has 1 fully saturated rings. The number of fused-ring (bicyclic) bond motifs is 2. The van der Waals surface area contributed by atoms with Gasteiger partial charge in [-0.05, 0) is 56.7 Å². The SMILES string of the molecule is O=C(CCCCC[n+]1c(/C=C/C=c2\c(=C\CCCS(=O)(=O)O)c3c(F)c(F)c(F)c(F)c3n2CCCCS(=O)(=O)O)oc2cc(S(=O)(=O)O)ccc21)ON1C(=O)CCC1=O. The van der Waals surface area contributed by atoms with Gasteiger partial charge in [-0.2, -0.15) is 29.8 Å². The van der Waals surface area contributed by atoms with E-state index in [9.17, 15) is 62.1 Å². The van der Waals surface area contributed by atoms with Gasteiger partial charge in [0.25, 0.3) is 47.7 Å². The topological polar surface area (TPSA) is 249 Å². The molecule has 0 spiro atoms. The minimum atomic E-state index is -4.67. The van der Waals surface area contributed by atoms with E-state index in [-0.39, 0.29) is 86.5 Å². The highest BCUT2D eigenvalue weighted by Gasteiger charge is 2.33. The fraction of sp³-hybridized carbons (Fsp3) is 0.389. The van der Waals surface area contributed by atoms with E-state index >= 15 is 8.78 Å². The van der Waals surface area contributed by atoms with Crippen molar-refractivity contribution in [1.29, 1.82) is 0 Å². The molecule has 60 heavy (non-hydrogen) atoms. The molecular formula is C36H38F4N3O14S3+. The van der Waals surface area contributed by atoms with Gasteiger partial charge in [-0.15, -0.1) is 5.06 Å². The van der Waals surface area contributed by atoms with Crippen LogP contribution < -0.4 is 15.1 Å². The van der Waals surface area contributed by atoms with E-state index in [1.807, 2.05) is 0 Å². The second kappa shape index (κ2) is 18.7. The molecule has 2 aromatic carbocycles. The fourth-order valence-corrected chi connectivity index (χ4v) is 8.14. The number of amides is 2. The number of aromatic nitrogens is 2. The zero-order valence-electron chi connectivity index (χ0n) is 31.4. The van der Waals surface area contributed by atoms with Gasteiger partial charge in [-0.3, -0.25) is 23.2 Å². The van der Waals surface area contributed by atoms with Crippen molar-refractivity contribution >= 4 is 88.4 Å². The Morgan fingerprint density at radius 3 is 2.13 bits per heavy atom. The van der Waals surface area contributed by atoms with Crippen LogP contribution in [-0.4, -0.2) is 77.8 Å². The number of benzene rings is 2. The number of carbonyl (C=O) groups excluding carboxylic acids is 3. The lowest BCUT2D eigenvalue weighted by molar-refractivity contribution is -0.678. The third-order valence-corrected chi connectivity index (χ3v) is 11.8. The third kappa shape index (κ3) is 11.2. The zero-order valence-corrected chi connectivity index (χ0v) is 33.8. The molecular weight excluding hydrogens is 871 g/mol. The van der Waals surface area contributed by atoms with Crippen molar-refractivity contribution in [3.05, 3.63) is 64.0 Å². The molecule has 1 saturated heterocycles. The first kappa shape index (κ1) is 46.1. The van der Waals surface area contributed by atoms with E-state index in [0.29, 0.717) is 23.4 Å². The Bertz CT molecular complexity index is 2840. The van der Waals surface area contributed by atoms with Crippen LogP contribution in [0.1, 0.15) is 70.1 Å². The molecule has 4 aromatic rings. The molecule has 2 aromatic heterocycles. The van der Waals surface area contributed by atoms with Crippen LogP contribution in [0.25, 0.3) is 40.2 Å². The summed E-state index contributed by atoms with van der Waals surface area (Å²) in [6.07, 6.45) is 5.15. The minimum absolute atomic E-state index is 0.01000. The van der Waals surface area contributed by atoms with Crippen LogP contribution in [0.4, 0.5) is 17.6 Å². The van der Waals surface area contributed by atoms with E-state index in [4.69, 9.17) is 9.25 Å². The fourth-order valence-electron chi connectivity index (χ4n) is 6.54. The summed E-state index contributed by atoms with van der Waals surface area (Å²) in [5.74, 6) is -11.3. The first-order chi connectivity index (χ1) is 28.1. The van der Waals surface area contributed by atoms with Crippen LogP contribution in [0.2, 0.25) is 0 Å². The number of unbranched alkanes of at least 4 members (excludes halogenated alkanes) is 4. The molecule has 17 nitrogen and oxygen atoms in total. The van der Waals surface area contributed by atoms with Crippen molar-refractivity contribution in [3.8, 4) is 0 Å². The van der Waals surface area contributed by atoms with Gasteiger partial charge in [0.1, 0.15) is 0 Å². The van der Waals surface area contributed by atoms with E-state index in [1.54, 1.807) is 4.57 Å². The highest BCUT2D eigenvalue weighted by molar-refractivity contribution is 7.86. The Morgan fingerprint density at radius 1 is 0.833 bits per heavy atom. The Balaban J connectivity index is 1.55. The van der Waals surface area contributed by atoms with Crippen molar-refractivity contribution in [2.45, 2.75) is 82.2 Å². The van der Waals surface area contributed by atoms with Crippen LogP contribution in [-0.2, 0) is 62.7 Å². The van der Waals surface area contributed by atoms with E-state index < -0.39 is 98.7 Å². The summed E-state index contributed by atoms with van der Waals surface area (Å²) in [5, 5.41) is -0.609. The van der Waals surface area contributed by atoms with Gasteiger partial charge in [0, 0.05) is 60.3 Å². The zero-order chi connectivity index (χ0) is 44.2. The van der Waals surface area contributed by atoms with Crippen LogP contribution >= 0.6 is 0 Å². The van der Waals surface area contributed by atoms with Crippen LogP contribution in [0, 0.1) is 23.3 Å². The second-order valence-electron chi connectivity index (χ2n) is 13.6. The van der Waals surface area contributed by atoms with Crippen LogP contribution in [0.15, 0.2) is 33.6 Å². The summed E-state index contributed by atoms with van der Waals surface area (Å²) in [6.45, 7) is -0.154. The first-order valence-corrected chi connectivity index (χ1v) is 22.9. The van der Waals surface area contributed by atoms with Gasteiger partial charge in [0.15, 0.2) is 29.8 Å². The summed E-state index contributed by atoms with van der Waals surface area (Å²) in [5.41, 5.74) is -0.425. The van der Waals surface area contributed by atoms with Crippen molar-refractivity contribution in [2.75, 3.05) is 11.5 Å². The molecule has 326 valence electrons. The number of imide groups is 1. The Hall–Kier alpha value is -5.01. The average molecular weight is 909 g/mol. The van der Waals surface area contributed by atoms with Gasteiger partial charge in [0.2, 0.25) is 5.58 Å². The second-order valence-corrected chi connectivity index (χ2v) is 18.2. The van der Waals surface area contributed by atoms with Gasteiger partial charge in [-0.1, -0.05) is 6.08 Å². The normalized spacial score (nSPS) is 14.9. The molecule has 5 rings (SSSR count). The Kier molecular flexibility index (Phi) is 14.4. The molecule has 0 atom stereocenters. The number of oxazole rings is 1. The van der Waals surface area contributed by atoms with Crippen molar-refractivity contribution in [2.24, 2.45) is 0 Å². The highest BCUT2D eigenvalue weighted by Crippen LogP contribution is 2.25. The quantitative estimate of drug-likeness (QED) is 0.0233. The molecule has 0 bridgehead atoms. The lowest BCUT2D eigenvalue weighted by Gasteiger charge is -2.12. The summed E-state index contributed by atoms with van der Waals surface area (Å²) >= 11 is 0. The lowest BCUT2D eigenvalue weighted by atomic mass is 10.1. The van der Waals surface area contributed by atoms with E-state index in [1.165, 1.54) is 30.4 Å². The lowest BCUT2D eigenvalue weighted by Crippen LogP contribution is -2.35. The number of hydrogen-bond acceptors (Lipinski definition) is 11. The predicted molar refractivity (Wildman–Crippen MR) is 202 cm³/mol. The van der Waals surface area contributed by atoms with Gasteiger partial charge >= 0.3 is 11.9 Å². The standard InChI is InChI=1S/C36H37F4N3O14S3/c37-32-31-23(9-3-6-19-58(47,48)49)24(42(18-5-7-20-59(50,51)52)36(31)35(40)34(39)33(32)38)10-8-11-29-41(25-14-13-22(60(53,54)55)21-26(25)56-29)17-4-1-2-12-30(46)57-43-27(44)15-16-28(43)45/h8-11,13-14,21H,1-7,12,15-20H2,(H2-,47,48,49,50,51,52,53,54,55)/p+1/b23-9-. The number of hydroxylamine groups is 2. The van der Waals surface area contributed by atoms with E-state index in [2.05, 4.69) is 0 Å². The van der Waals surface area contributed by atoms with Crippen molar-refractivity contribution < 1.29 is 84.7 Å². The van der Waals surface area contributed by atoms with Crippen LogP contribution in [0.5, 0.6) is 0 Å². The maximum absolute atomic E-state index is 15.5. The summed E-state index contributed by atoms with van der Waals surface area (Å²) in [4.78, 5) is 40.1. The highest BCUT2D eigenvalue weighted by atomic mass is 32.2. The first-order valence-electron chi connectivity index (χ1n) is 18.2. The molecule has 3 N–H and O–H groups in total. The molecule has 1 aliphatic rings. The molecule has 1 aliphatic heterocycles. The molecule has 2 amide bonds. The van der Waals surface area contributed by atoms with Crippen LogP contribution in [0.3, 0.4) is 0 Å². The number of rotatable bonds is 19. The van der Waals surface area contributed by atoms with Crippen molar-refractivity contribution in [3.63, 3.8) is 0 Å². The molecule has 0 aliphatic carbocycles. The molecule has 0 unspecified atom stereocenters. The predicted octanol–water partition coefficient (Wildman–Crippen LogP) is 3.26. The molecule has 24 heteroatoms. The molecule has 3 heterocycles. The van der Waals surface area contributed by atoms with Gasteiger partial charge in [-0.25, -0.2) is 22.4 Å². The number of allylic oxidation sites excluding steroid dienone is 1. The number of halogens is 4. The number of hydrogen-bond donors (Lipinski definition) is 3. The van der Waals surface area contributed by atoms with Gasteiger partial charge < -0.3 is 13.8 Å². The Labute approximate surface area is 339 Å². The summed E-state index contributed by atoms with van der Waals surface area (Å²) < 4.78 is 166.